The van der Waals surface area contributed by atoms with Crippen molar-refractivity contribution < 1.29 is 18.0 Å². The van der Waals surface area contributed by atoms with Gasteiger partial charge in [0.25, 0.3) is 0 Å². The van der Waals surface area contributed by atoms with Crippen molar-refractivity contribution in [3.05, 3.63) is 49.6 Å². The van der Waals surface area contributed by atoms with Gasteiger partial charge in [-0.3, -0.25) is 14.5 Å². The number of nitrogens with zero attached hydrogens (tertiary/aromatic N) is 2. The van der Waals surface area contributed by atoms with Crippen molar-refractivity contribution in [1.29, 1.82) is 0 Å². The van der Waals surface area contributed by atoms with Gasteiger partial charge < -0.3 is 0 Å². The number of benzene rings is 1. The van der Waals surface area contributed by atoms with E-state index in [1.807, 2.05) is 0 Å². The summed E-state index contributed by atoms with van der Waals surface area (Å²) in [6, 6.07) is 5.72. The molecule has 0 saturated carbocycles. The Hall–Kier alpha value is -2.25. The lowest BCUT2D eigenvalue weighted by Gasteiger charge is -2.20. The molecule has 0 atom stereocenters. The smallest absolute Gasteiger partial charge is 0.243 e. The number of rotatable bonds is 7. The van der Waals surface area contributed by atoms with E-state index < -0.39 is 10.0 Å². The largest absolute Gasteiger partial charge is 0.274 e. The maximum Gasteiger partial charge on any atom is 0.243 e. The van der Waals surface area contributed by atoms with E-state index in [0.29, 0.717) is 5.69 Å². The minimum atomic E-state index is -3.69. The second kappa shape index (κ2) is 6.89. The molecule has 1 aromatic carbocycles. The molecule has 0 radical (unpaired) electrons. The fourth-order valence-corrected chi connectivity index (χ4v) is 3.72. The van der Waals surface area contributed by atoms with Gasteiger partial charge in [-0.15, -0.1) is 13.2 Å². The summed E-state index contributed by atoms with van der Waals surface area (Å²) in [4.78, 5) is 24.6. The van der Waals surface area contributed by atoms with Gasteiger partial charge in [-0.25, -0.2) is 8.42 Å². The number of sulfonamides is 1. The molecule has 0 N–H and O–H groups in total. The molecule has 1 saturated heterocycles. The standard InChI is InChI=1S/C16H18N2O4S/c1-3-11-17(12-4-2)23(21,22)14-7-5-13(6-8-14)18-15(19)9-10-16(18)20/h3-8H,1-2,9-12H2. The highest BCUT2D eigenvalue weighted by atomic mass is 32.2. The average Bonchev–Trinajstić information content (AvgIpc) is 2.86. The molecule has 2 amide bonds. The zero-order valence-corrected chi connectivity index (χ0v) is 13.5. The Kier molecular flexibility index (Phi) is 5.12. The quantitative estimate of drug-likeness (QED) is 0.562. The molecule has 7 heteroatoms. The Bertz CT molecular complexity index is 712. The summed E-state index contributed by atoms with van der Waals surface area (Å²) in [6.07, 6.45) is 3.37. The highest BCUT2D eigenvalue weighted by Gasteiger charge is 2.30. The SMILES string of the molecule is C=CCN(CC=C)S(=O)(=O)c1ccc(N2C(=O)CCC2=O)cc1. The Balaban J connectivity index is 2.31. The Morgan fingerprint density at radius 3 is 1.91 bits per heavy atom. The van der Waals surface area contributed by atoms with E-state index in [-0.39, 0.29) is 42.6 Å². The van der Waals surface area contributed by atoms with Gasteiger partial charge in [0.15, 0.2) is 0 Å². The lowest BCUT2D eigenvalue weighted by Crippen LogP contribution is -2.31. The first kappa shape index (κ1) is 17.1. The number of hydrogen-bond acceptors (Lipinski definition) is 4. The van der Waals surface area contributed by atoms with Gasteiger partial charge in [-0.2, -0.15) is 4.31 Å². The molecular formula is C16H18N2O4S. The summed E-state index contributed by atoms with van der Waals surface area (Å²) in [5.74, 6) is -0.545. The number of hydrogen-bond donors (Lipinski definition) is 0. The number of carbonyl (C=O) groups excluding carboxylic acids is 2. The van der Waals surface area contributed by atoms with Crippen LogP contribution >= 0.6 is 0 Å². The second-order valence-corrected chi connectivity index (χ2v) is 6.95. The van der Waals surface area contributed by atoms with E-state index >= 15 is 0 Å². The molecule has 6 nitrogen and oxygen atoms in total. The third kappa shape index (κ3) is 3.40. The maximum atomic E-state index is 12.6. The third-order valence-electron chi connectivity index (χ3n) is 3.45. The van der Waals surface area contributed by atoms with Crippen molar-refractivity contribution in [2.24, 2.45) is 0 Å². The van der Waals surface area contributed by atoms with Crippen molar-refractivity contribution in [3.63, 3.8) is 0 Å². The molecule has 1 heterocycles. The number of imide groups is 1. The summed E-state index contributed by atoms with van der Waals surface area (Å²) < 4.78 is 26.3. The van der Waals surface area contributed by atoms with Gasteiger partial charge in [0.05, 0.1) is 10.6 Å². The van der Waals surface area contributed by atoms with Crippen molar-refractivity contribution >= 4 is 27.5 Å². The van der Waals surface area contributed by atoms with Gasteiger partial charge in [0, 0.05) is 25.9 Å². The van der Waals surface area contributed by atoms with Gasteiger partial charge in [-0.05, 0) is 24.3 Å². The first-order valence-electron chi connectivity index (χ1n) is 7.09. The molecule has 1 aromatic rings. The predicted molar refractivity (Wildman–Crippen MR) is 87.3 cm³/mol. The molecular weight excluding hydrogens is 316 g/mol. The lowest BCUT2D eigenvalue weighted by atomic mass is 10.3. The Morgan fingerprint density at radius 2 is 1.48 bits per heavy atom. The molecule has 1 aliphatic rings. The van der Waals surface area contributed by atoms with E-state index in [4.69, 9.17) is 0 Å². The molecule has 0 aromatic heterocycles. The minimum Gasteiger partial charge on any atom is -0.274 e. The van der Waals surface area contributed by atoms with Crippen molar-refractivity contribution in [1.82, 2.24) is 4.31 Å². The van der Waals surface area contributed by atoms with Crippen LogP contribution in [0.2, 0.25) is 0 Å². The summed E-state index contributed by atoms with van der Waals surface area (Å²) in [6.45, 7) is 7.43. The molecule has 0 aliphatic carbocycles. The van der Waals surface area contributed by atoms with Gasteiger partial charge >= 0.3 is 0 Å². The van der Waals surface area contributed by atoms with E-state index in [2.05, 4.69) is 13.2 Å². The van der Waals surface area contributed by atoms with Gasteiger partial charge in [0.2, 0.25) is 21.8 Å². The van der Waals surface area contributed by atoms with Crippen molar-refractivity contribution in [2.75, 3.05) is 18.0 Å². The van der Waals surface area contributed by atoms with Crippen molar-refractivity contribution in [3.8, 4) is 0 Å². The number of carbonyl (C=O) groups is 2. The average molecular weight is 334 g/mol. The van der Waals surface area contributed by atoms with Crippen LogP contribution in [0.1, 0.15) is 12.8 Å². The molecule has 0 bridgehead atoms. The first-order valence-corrected chi connectivity index (χ1v) is 8.53. The molecule has 0 spiro atoms. The van der Waals surface area contributed by atoms with Crippen LogP contribution in [0.5, 0.6) is 0 Å². The highest BCUT2D eigenvalue weighted by molar-refractivity contribution is 7.89. The van der Waals surface area contributed by atoms with Crippen LogP contribution in [-0.2, 0) is 19.6 Å². The topological polar surface area (TPSA) is 74.8 Å². The minimum absolute atomic E-state index is 0.0871. The van der Waals surface area contributed by atoms with Crippen LogP contribution in [0.25, 0.3) is 0 Å². The highest BCUT2D eigenvalue weighted by Crippen LogP contribution is 2.25. The first-order chi connectivity index (χ1) is 10.9. The van der Waals surface area contributed by atoms with Crippen LogP contribution in [0.4, 0.5) is 5.69 Å². The van der Waals surface area contributed by atoms with E-state index in [1.54, 1.807) is 0 Å². The maximum absolute atomic E-state index is 12.6. The molecule has 122 valence electrons. The van der Waals surface area contributed by atoms with Crippen molar-refractivity contribution in [2.45, 2.75) is 17.7 Å². The fraction of sp³-hybridized carbons (Fsp3) is 0.250. The zero-order valence-electron chi connectivity index (χ0n) is 12.6. The van der Waals surface area contributed by atoms with Crippen LogP contribution in [0.3, 0.4) is 0 Å². The molecule has 2 rings (SSSR count). The summed E-state index contributed by atoms with van der Waals surface area (Å²) in [7, 11) is -3.69. The summed E-state index contributed by atoms with van der Waals surface area (Å²) in [5, 5.41) is 0. The monoisotopic (exact) mass is 334 g/mol. The Labute approximate surface area is 135 Å². The number of anilines is 1. The van der Waals surface area contributed by atoms with E-state index in [1.165, 1.54) is 40.7 Å². The van der Waals surface area contributed by atoms with Gasteiger partial charge in [-0.1, -0.05) is 12.2 Å². The van der Waals surface area contributed by atoms with E-state index in [9.17, 15) is 18.0 Å². The summed E-state index contributed by atoms with van der Waals surface area (Å²) >= 11 is 0. The molecule has 1 aliphatic heterocycles. The number of amides is 2. The predicted octanol–water partition coefficient (Wildman–Crippen LogP) is 1.70. The normalized spacial score (nSPS) is 15.3. The molecule has 23 heavy (non-hydrogen) atoms. The van der Waals surface area contributed by atoms with Crippen LogP contribution in [0, 0.1) is 0 Å². The zero-order chi connectivity index (χ0) is 17.0. The molecule has 1 fully saturated rings. The third-order valence-corrected chi connectivity index (χ3v) is 5.30. The van der Waals surface area contributed by atoms with Crippen LogP contribution < -0.4 is 4.90 Å². The second-order valence-electron chi connectivity index (χ2n) is 5.02. The van der Waals surface area contributed by atoms with Gasteiger partial charge in [0.1, 0.15) is 0 Å². The van der Waals surface area contributed by atoms with Crippen LogP contribution in [-0.4, -0.2) is 37.6 Å². The summed E-state index contributed by atoms with van der Waals surface area (Å²) in [5.41, 5.74) is 0.385. The van der Waals surface area contributed by atoms with Crippen LogP contribution in [0.15, 0.2) is 54.5 Å². The lowest BCUT2D eigenvalue weighted by molar-refractivity contribution is -0.121. The fourth-order valence-electron chi connectivity index (χ4n) is 2.34. The molecule has 0 unspecified atom stereocenters. The Morgan fingerprint density at radius 1 is 1.00 bits per heavy atom. The van der Waals surface area contributed by atoms with E-state index in [0.717, 1.165) is 4.90 Å².